The number of carbonyl (C=O) groups excluding carboxylic acids is 1. The topological polar surface area (TPSA) is 116 Å². The summed E-state index contributed by atoms with van der Waals surface area (Å²) in [5, 5.41) is 17.5. The van der Waals surface area contributed by atoms with Gasteiger partial charge in [-0.15, -0.1) is 0 Å². The average molecular weight is 270 g/mol. The molecule has 0 aliphatic rings. The second kappa shape index (κ2) is 7.56. The summed E-state index contributed by atoms with van der Waals surface area (Å²) in [4.78, 5) is 10.8. The van der Waals surface area contributed by atoms with Crippen LogP contribution in [0, 0.1) is 0 Å². The van der Waals surface area contributed by atoms with Gasteiger partial charge in [0.15, 0.2) is 0 Å². The minimum Gasteiger partial charge on any atom is -0.469 e. The summed E-state index contributed by atoms with van der Waals surface area (Å²) in [7, 11) is -1.35. The highest BCUT2D eigenvalue weighted by Gasteiger charge is 2.22. The predicted molar refractivity (Wildman–Crippen MR) is 59.3 cm³/mol. The Hall–Kier alpha value is -0.740. The first kappa shape index (κ1) is 16.3. The van der Waals surface area contributed by atoms with E-state index in [-0.39, 0.29) is 13.0 Å². The minimum atomic E-state index is -3.83. The number of aliphatic hydroxyl groups is 2. The van der Waals surface area contributed by atoms with Crippen LogP contribution >= 0.6 is 0 Å². The summed E-state index contributed by atoms with van der Waals surface area (Å²) in [5.41, 5.74) is 0. The van der Waals surface area contributed by atoms with Crippen molar-refractivity contribution in [2.24, 2.45) is 0 Å². The lowest BCUT2D eigenvalue weighted by atomic mass is 10.4. The van der Waals surface area contributed by atoms with Crippen LogP contribution in [0.1, 0.15) is 6.42 Å². The molecule has 17 heavy (non-hydrogen) atoms. The van der Waals surface area contributed by atoms with Crippen molar-refractivity contribution in [1.82, 2.24) is 9.03 Å². The molecule has 0 radical (unpaired) electrons. The summed E-state index contributed by atoms with van der Waals surface area (Å²) in [6.45, 7) is -1.08. The third-order valence-electron chi connectivity index (χ3n) is 2.03. The fourth-order valence-electron chi connectivity index (χ4n) is 0.904. The van der Waals surface area contributed by atoms with Crippen LogP contribution in [0.5, 0.6) is 0 Å². The molecule has 0 unspecified atom stereocenters. The number of nitrogens with one attached hydrogen (secondary N) is 1. The molecule has 0 fully saturated rings. The molecule has 102 valence electrons. The molecule has 8 nitrogen and oxygen atoms in total. The molecule has 0 aliphatic heterocycles. The maximum atomic E-state index is 11.6. The molecule has 0 saturated heterocycles. The molecular weight excluding hydrogens is 252 g/mol. The van der Waals surface area contributed by atoms with Crippen molar-refractivity contribution in [2.75, 3.05) is 33.9 Å². The second-order valence-electron chi connectivity index (χ2n) is 3.33. The van der Waals surface area contributed by atoms with E-state index in [2.05, 4.69) is 9.46 Å². The average Bonchev–Trinajstić information content (AvgIpc) is 2.32. The number of esters is 1. The Bertz CT molecular complexity index is 327. The van der Waals surface area contributed by atoms with Gasteiger partial charge in [-0.05, 0) is 0 Å². The number of hydrogen-bond acceptors (Lipinski definition) is 6. The molecule has 3 N–H and O–H groups in total. The van der Waals surface area contributed by atoms with Gasteiger partial charge < -0.3 is 14.9 Å². The standard InChI is InChI=1S/C8H18N2O6S/c1-10(4-3-8(13)16-2)17(14,15)9-7(5-11)6-12/h7,9,11-12H,3-6H2,1-2H3. The Labute approximate surface area is 100 Å². The molecular formula is C8H18N2O6S. The zero-order valence-corrected chi connectivity index (χ0v) is 10.6. The highest BCUT2D eigenvalue weighted by molar-refractivity contribution is 7.87. The molecule has 0 atom stereocenters. The Kier molecular flexibility index (Phi) is 7.23. The number of hydrogen-bond donors (Lipinski definition) is 3. The summed E-state index contributed by atoms with van der Waals surface area (Å²) in [6.07, 6.45) is -0.0726. The lowest BCUT2D eigenvalue weighted by Crippen LogP contribution is -2.47. The van der Waals surface area contributed by atoms with Gasteiger partial charge in [0.1, 0.15) is 0 Å². The summed E-state index contributed by atoms with van der Waals surface area (Å²) < 4.78 is 30.6. The molecule has 0 amide bonds. The first-order chi connectivity index (χ1) is 7.87. The van der Waals surface area contributed by atoms with Crippen LogP contribution < -0.4 is 4.72 Å². The van der Waals surface area contributed by atoms with Crippen LogP contribution in [-0.2, 0) is 19.7 Å². The van der Waals surface area contributed by atoms with Gasteiger partial charge in [0, 0.05) is 13.6 Å². The Balaban J connectivity index is 4.34. The van der Waals surface area contributed by atoms with Gasteiger partial charge in [0.05, 0.1) is 32.8 Å². The lowest BCUT2D eigenvalue weighted by molar-refractivity contribution is -0.140. The van der Waals surface area contributed by atoms with Crippen molar-refractivity contribution >= 4 is 16.2 Å². The third-order valence-corrected chi connectivity index (χ3v) is 3.66. The van der Waals surface area contributed by atoms with Crippen molar-refractivity contribution in [3.63, 3.8) is 0 Å². The van der Waals surface area contributed by atoms with Crippen LogP contribution in [-0.4, -0.2) is 68.9 Å². The van der Waals surface area contributed by atoms with Gasteiger partial charge in [0.25, 0.3) is 10.2 Å². The highest BCUT2D eigenvalue weighted by Crippen LogP contribution is 1.98. The summed E-state index contributed by atoms with van der Waals surface area (Å²) in [6, 6.07) is -0.958. The second-order valence-corrected chi connectivity index (χ2v) is 5.14. The number of aliphatic hydroxyl groups excluding tert-OH is 2. The smallest absolute Gasteiger partial charge is 0.306 e. The normalized spacial score (nSPS) is 12.1. The molecule has 0 aromatic heterocycles. The fourth-order valence-corrected chi connectivity index (χ4v) is 1.99. The van der Waals surface area contributed by atoms with Crippen molar-refractivity contribution < 1.29 is 28.2 Å². The van der Waals surface area contributed by atoms with E-state index in [1.165, 1.54) is 14.2 Å². The van der Waals surface area contributed by atoms with E-state index >= 15 is 0 Å². The Morgan fingerprint density at radius 3 is 2.35 bits per heavy atom. The third kappa shape index (κ3) is 5.94. The van der Waals surface area contributed by atoms with Crippen molar-refractivity contribution in [2.45, 2.75) is 12.5 Å². The van der Waals surface area contributed by atoms with Crippen LogP contribution in [0.3, 0.4) is 0 Å². The maximum absolute atomic E-state index is 11.6. The van der Waals surface area contributed by atoms with Crippen LogP contribution in [0.2, 0.25) is 0 Å². The van der Waals surface area contributed by atoms with Crippen LogP contribution in [0.4, 0.5) is 0 Å². The van der Waals surface area contributed by atoms with E-state index in [0.717, 1.165) is 4.31 Å². The molecule has 0 spiro atoms. The summed E-state index contributed by atoms with van der Waals surface area (Å²) in [5.74, 6) is -0.520. The zero-order chi connectivity index (χ0) is 13.5. The number of rotatable bonds is 8. The van der Waals surface area contributed by atoms with Gasteiger partial charge in [-0.2, -0.15) is 17.4 Å². The number of ether oxygens (including phenoxy) is 1. The van der Waals surface area contributed by atoms with E-state index in [4.69, 9.17) is 10.2 Å². The minimum absolute atomic E-state index is 0.0500. The van der Waals surface area contributed by atoms with E-state index in [1.54, 1.807) is 0 Å². The van der Waals surface area contributed by atoms with Crippen molar-refractivity contribution in [3.05, 3.63) is 0 Å². The Morgan fingerprint density at radius 1 is 1.41 bits per heavy atom. The van der Waals surface area contributed by atoms with E-state index in [0.29, 0.717) is 0 Å². The maximum Gasteiger partial charge on any atom is 0.306 e. The lowest BCUT2D eigenvalue weighted by Gasteiger charge is -2.20. The first-order valence-electron chi connectivity index (χ1n) is 4.89. The van der Waals surface area contributed by atoms with Gasteiger partial charge >= 0.3 is 5.97 Å². The van der Waals surface area contributed by atoms with E-state index < -0.39 is 35.4 Å². The van der Waals surface area contributed by atoms with Gasteiger partial charge in [0.2, 0.25) is 0 Å². The van der Waals surface area contributed by atoms with Crippen LogP contribution in [0.15, 0.2) is 0 Å². The summed E-state index contributed by atoms with van der Waals surface area (Å²) >= 11 is 0. The molecule has 0 aromatic carbocycles. The van der Waals surface area contributed by atoms with Gasteiger partial charge in [-0.3, -0.25) is 4.79 Å². The Morgan fingerprint density at radius 2 is 1.94 bits per heavy atom. The van der Waals surface area contributed by atoms with Gasteiger partial charge in [-0.1, -0.05) is 0 Å². The molecule has 0 heterocycles. The van der Waals surface area contributed by atoms with Crippen molar-refractivity contribution in [3.8, 4) is 0 Å². The molecule has 0 aromatic rings. The molecule has 0 bridgehead atoms. The molecule has 0 saturated carbocycles. The monoisotopic (exact) mass is 270 g/mol. The first-order valence-corrected chi connectivity index (χ1v) is 6.33. The quantitative estimate of drug-likeness (QED) is 0.426. The zero-order valence-electron chi connectivity index (χ0n) is 9.79. The fraction of sp³-hybridized carbons (Fsp3) is 0.875. The van der Waals surface area contributed by atoms with Gasteiger partial charge in [-0.25, -0.2) is 0 Å². The number of carbonyl (C=O) groups is 1. The molecule has 0 rings (SSSR count). The number of nitrogens with zero attached hydrogens (tertiary/aromatic N) is 1. The molecule has 0 aliphatic carbocycles. The van der Waals surface area contributed by atoms with E-state index in [1.807, 2.05) is 0 Å². The highest BCUT2D eigenvalue weighted by atomic mass is 32.2. The molecule has 9 heteroatoms. The van der Waals surface area contributed by atoms with Crippen molar-refractivity contribution in [1.29, 1.82) is 0 Å². The predicted octanol–water partition coefficient (Wildman–Crippen LogP) is -2.33. The SMILES string of the molecule is COC(=O)CCN(C)S(=O)(=O)NC(CO)CO. The largest absolute Gasteiger partial charge is 0.469 e. The van der Waals surface area contributed by atoms with E-state index in [9.17, 15) is 13.2 Å². The number of methoxy groups -OCH3 is 1. The van der Waals surface area contributed by atoms with Crippen LogP contribution in [0.25, 0.3) is 0 Å².